The molecule has 0 N–H and O–H groups in total. The number of fused-ring (bicyclic) bond motifs is 3. The van der Waals surface area contributed by atoms with Crippen molar-refractivity contribution < 1.29 is 9.15 Å². The first-order valence-electron chi connectivity index (χ1n) is 10.2. The third kappa shape index (κ3) is 2.92. The van der Waals surface area contributed by atoms with Crippen LogP contribution >= 0.6 is 0 Å². The Hall–Kier alpha value is -2.59. The molecule has 1 saturated carbocycles. The second-order valence-corrected chi connectivity index (χ2v) is 7.99. The van der Waals surface area contributed by atoms with Crippen molar-refractivity contribution in [1.82, 2.24) is 4.90 Å². The summed E-state index contributed by atoms with van der Waals surface area (Å²) in [4.78, 5) is 15.3. The Balaban J connectivity index is 1.61. The zero-order chi connectivity index (χ0) is 19.1. The topological polar surface area (TPSA) is 42.7 Å². The average Bonchev–Trinajstić information content (AvgIpc) is 2.75. The van der Waals surface area contributed by atoms with Gasteiger partial charge < -0.3 is 9.15 Å². The van der Waals surface area contributed by atoms with Crippen molar-refractivity contribution in [2.24, 2.45) is 0 Å². The van der Waals surface area contributed by atoms with E-state index in [0.717, 1.165) is 34.4 Å². The van der Waals surface area contributed by atoms with Crippen LogP contribution in [0.3, 0.4) is 0 Å². The van der Waals surface area contributed by atoms with Gasteiger partial charge in [0.25, 0.3) is 0 Å². The third-order valence-corrected chi connectivity index (χ3v) is 6.30. The summed E-state index contributed by atoms with van der Waals surface area (Å²) >= 11 is 0. The normalized spacial score (nSPS) is 18.0. The van der Waals surface area contributed by atoms with E-state index in [1.165, 1.54) is 32.1 Å². The molecule has 1 fully saturated rings. The molecule has 0 saturated heterocycles. The van der Waals surface area contributed by atoms with E-state index in [0.29, 0.717) is 23.9 Å². The van der Waals surface area contributed by atoms with Crippen molar-refractivity contribution in [3.63, 3.8) is 0 Å². The maximum Gasteiger partial charge on any atom is 0.344 e. The first-order valence-corrected chi connectivity index (χ1v) is 10.2. The highest BCUT2D eigenvalue weighted by molar-refractivity contribution is 5.90. The standard InChI is InChI=1S/C24H25NO3/c1-16-19-12-13-21-20(14-25(15-27-21)18-10-6-3-7-11-18)23(19)28-24(26)22(16)17-8-4-2-5-9-17/h2,4-5,8-9,12-13,18H,3,6-7,10-11,14-15H2,1H3. The first kappa shape index (κ1) is 17.5. The van der Waals surface area contributed by atoms with E-state index >= 15 is 0 Å². The Morgan fingerprint density at radius 1 is 1.00 bits per heavy atom. The molecule has 1 aliphatic heterocycles. The minimum atomic E-state index is -0.278. The molecule has 5 rings (SSSR count). The SMILES string of the molecule is Cc1c(-c2ccccc2)c(=O)oc2c3c(ccc12)OCN(C1CCCCC1)C3. The summed E-state index contributed by atoms with van der Waals surface area (Å²) in [6.07, 6.45) is 6.37. The second-order valence-electron chi connectivity index (χ2n) is 7.99. The Bertz CT molecular complexity index is 1060. The van der Waals surface area contributed by atoms with E-state index in [-0.39, 0.29) is 5.63 Å². The van der Waals surface area contributed by atoms with Gasteiger partial charge in [-0.3, -0.25) is 4.90 Å². The average molecular weight is 375 g/mol. The molecule has 3 aromatic rings. The van der Waals surface area contributed by atoms with Crippen LogP contribution in [0.15, 0.2) is 51.7 Å². The van der Waals surface area contributed by atoms with E-state index in [4.69, 9.17) is 9.15 Å². The van der Waals surface area contributed by atoms with Crippen molar-refractivity contribution in [3.05, 3.63) is 64.0 Å². The van der Waals surface area contributed by atoms with Crippen LogP contribution in [0.2, 0.25) is 0 Å². The lowest BCUT2D eigenvalue weighted by molar-refractivity contribution is 0.0406. The number of nitrogens with zero attached hydrogens (tertiary/aromatic N) is 1. The summed E-state index contributed by atoms with van der Waals surface area (Å²) in [5, 5.41) is 0.992. The maximum absolute atomic E-state index is 12.9. The van der Waals surface area contributed by atoms with Crippen LogP contribution in [0.1, 0.15) is 43.2 Å². The highest BCUT2D eigenvalue weighted by Gasteiger charge is 2.28. The summed E-state index contributed by atoms with van der Waals surface area (Å²) in [6, 6.07) is 14.4. The quantitative estimate of drug-likeness (QED) is 0.574. The van der Waals surface area contributed by atoms with Gasteiger partial charge in [0.15, 0.2) is 0 Å². The Morgan fingerprint density at radius 2 is 1.79 bits per heavy atom. The van der Waals surface area contributed by atoms with Crippen LogP contribution in [-0.4, -0.2) is 17.7 Å². The molecule has 2 aromatic carbocycles. The molecule has 144 valence electrons. The maximum atomic E-state index is 12.9. The lowest BCUT2D eigenvalue weighted by Gasteiger charge is -2.37. The predicted molar refractivity (Wildman–Crippen MR) is 111 cm³/mol. The number of hydrogen-bond acceptors (Lipinski definition) is 4. The van der Waals surface area contributed by atoms with Gasteiger partial charge in [0.1, 0.15) is 18.1 Å². The van der Waals surface area contributed by atoms with Gasteiger partial charge in [-0.15, -0.1) is 0 Å². The smallest absolute Gasteiger partial charge is 0.344 e. The van der Waals surface area contributed by atoms with Gasteiger partial charge in [0.05, 0.1) is 11.1 Å². The van der Waals surface area contributed by atoms with E-state index in [9.17, 15) is 4.79 Å². The molecule has 0 amide bonds. The minimum absolute atomic E-state index is 0.278. The number of aryl methyl sites for hydroxylation is 1. The third-order valence-electron chi connectivity index (χ3n) is 6.30. The van der Waals surface area contributed by atoms with Gasteiger partial charge in [0.2, 0.25) is 0 Å². The van der Waals surface area contributed by atoms with E-state index in [1.807, 2.05) is 49.4 Å². The number of benzene rings is 2. The van der Waals surface area contributed by atoms with Gasteiger partial charge >= 0.3 is 5.63 Å². The van der Waals surface area contributed by atoms with Crippen molar-refractivity contribution in [2.45, 2.75) is 51.6 Å². The fourth-order valence-corrected chi connectivity index (χ4v) is 4.76. The minimum Gasteiger partial charge on any atom is -0.478 e. The lowest BCUT2D eigenvalue weighted by atomic mass is 9.93. The van der Waals surface area contributed by atoms with Gasteiger partial charge in [-0.25, -0.2) is 4.79 Å². The zero-order valence-corrected chi connectivity index (χ0v) is 16.2. The van der Waals surface area contributed by atoms with E-state index < -0.39 is 0 Å². The summed E-state index contributed by atoms with van der Waals surface area (Å²) < 4.78 is 12.0. The number of rotatable bonds is 2. The second kappa shape index (κ2) is 7.10. The molecule has 0 bridgehead atoms. The highest BCUT2D eigenvalue weighted by Crippen LogP contribution is 2.37. The molecule has 28 heavy (non-hydrogen) atoms. The van der Waals surface area contributed by atoms with Crippen LogP contribution in [-0.2, 0) is 6.54 Å². The molecule has 0 spiro atoms. The molecule has 1 aromatic heterocycles. The Morgan fingerprint density at radius 3 is 2.57 bits per heavy atom. The van der Waals surface area contributed by atoms with E-state index in [1.54, 1.807) is 0 Å². The summed E-state index contributed by atoms with van der Waals surface area (Å²) in [6.45, 7) is 3.41. The number of hydrogen-bond donors (Lipinski definition) is 0. The molecular formula is C24H25NO3. The Kier molecular flexibility index (Phi) is 4.44. The van der Waals surface area contributed by atoms with Crippen LogP contribution in [0, 0.1) is 6.92 Å². The zero-order valence-electron chi connectivity index (χ0n) is 16.2. The number of ether oxygens (including phenoxy) is 1. The molecule has 1 aliphatic carbocycles. The van der Waals surface area contributed by atoms with Crippen LogP contribution in [0.25, 0.3) is 22.1 Å². The molecular weight excluding hydrogens is 350 g/mol. The Labute approximate surface area is 164 Å². The van der Waals surface area contributed by atoms with Crippen LogP contribution < -0.4 is 10.4 Å². The van der Waals surface area contributed by atoms with Gasteiger partial charge in [-0.05, 0) is 43.0 Å². The van der Waals surface area contributed by atoms with Crippen molar-refractivity contribution in [3.8, 4) is 16.9 Å². The van der Waals surface area contributed by atoms with Crippen molar-refractivity contribution in [1.29, 1.82) is 0 Å². The van der Waals surface area contributed by atoms with Gasteiger partial charge in [-0.1, -0.05) is 49.6 Å². The fourth-order valence-electron chi connectivity index (χ4n) is 4.76. The molecule has 2 aliphatic rings. The first-order chi connectivity index (χ1) is 13.7. The van der Waals surface area contributed by atoms with Crippen molar-refractivity contribution >= 4 is 11.0 Å². The monoisotopic (exact) mass is 375 g/mol. The molecule has 0 radical (unpaired) electrons. The molecule has 0 atom stereocenters. The highest BCUT2D eigenvalue weighted by atomic mass is 16.5. The molecule has 2 heterocycles. The van der Waals surface area contributed by atoms with Crippen LogP contribution in [0.4, 0.5) is 0 Å². The molecule has 0 unspecified atom stereocenters. The van der Waals surface area contributed by atoms with Crippen LogP contribution in [0.5, 0.6) is 5.75 Å². The van der Waals surface area contributed by atoms with E-state index in [2.05, 4.69) is 4.90 Å². The van der Waals surface area contributed by atoms with Gasteiger partial charge in [-0.2, -0.15) is 0 Å². The summed E-state index contributed by atoms with van der Waals surface area (Å²) in [5.41, 5.74) is 3.92. The largest absolute Gasteiger partial charge is 0.478 e. The van der Waals surface area contributed by atoms with Crippen molar-refractivity contribution in [2.75, 3.05) is 6.73 Å². The van der Waals surface area contributed by atoms with Gasteiger partial charge in [0, 0.05) is 18.0 Å². The summed E-state index contributed by atoms with van der Waals surface area (Å²) in [5.74, 6) is 0.842. The fraction of sp³-hybridized carbons (Fsp3) is 0.375. The lowest BCUT2D eigenvalue weighted by Crippen LogP contribution is -2.41. The summed E-state index contributed by atoms with van der Waals surface area (Å²) in [7, 11) is 0. The molecule has 4 heteroatoms. The predicted octanol–water partition coefficient (Wildman–Crippen LogP) is 5.25. The molecule has 4 nitrogen and oxygen atoms in total.